The van der Waals surface area contributed by atoms with Crippen molar-refractivity contribution in [3.8, 4) is 29.0 Å². The minimum Gasteiger partial charge on any atom is -0.355 e. The lowest BCUT2D eigenvalue weighted by Gasteiger charge is -2.37. The van der Waals surface area contributed by atoms with Crippen molar-refractivity contribution in [1.82, 2.24) is 33.4 Å². The van der Waals surface area contributed by atoms with E-state index in [4.69, 9.17) is 11.6 Å². The number of nitrogens with zero attached hydrogens (tertiary/aromatic N) is 8. The maximum absolute atomic E-state index is 14.0. The van der Waals surface area contributed by atoms with Crippen molar-refractivity contribution in [3.05, 3.63) is 79.9 Å². The average molecular weight is 812 g/mol. The molecular weight excluding hydrogens is 779 g/mol. The average Bonchev–Trinajstić information content (AvgIpc) is 3.57. The number of halogens is 4. The van der Waals surface area contributed by atoms with Gasteiger partial charge in [0.2, 0.25) is 0 Å². The number of hydrogen-bond acceptors (Lipinski definition) is 11. The van der Waals surface area contributed by atoms with Crippen LogP contribution in [0.4, 0.5) is 19.0 Å². The number of hydrogen-bond donors (Lipinski definition) is 1. The number of anilines is 1. The second-order valence-electron chi connectivity index (χ2n) is 13.0. The minimum atomic E-state index is -4.29. The summed E-state index contributed by atoms with van der Waals surface area (Å²) < 4.78 is 68.2. The molecule has 0 atom stereocenters. The van der Waals surface area contributed by atoms with E-state index in [1.54, 1.807) is 43.1 Å². The number of aryl methyl sites for hydroxylation is 1. The minimum absolute atomic E-state index is 0.0157. The van der Waals surface area contributed by atoms with E-state index < -0.39 is 34.4 Å². The molecule has 6 rings (SSSR count). The Morgan fingerprint density at radius 2 is 1.87 bits per heavy atom. The van der Waals surface area contributed by atoms with Crippen LogP contribution in [0.1, 0.15) is 40.2 Å². The molecule has 1 aliphatic rings. The maximum Gasteiger partial charge on any atom is 0.401 e. The van der Waals surface area contributed by atoms with Crippen molar-refractivity contribution in [2.75, 3.05) is 45.7 Å². The highest BCUT2D eigenvalue weighted by molar-refractivity contribution is 7.87. The molecule has 286 valence electrons. The summed E-state index contributed by atoms with van der Waals surface area (Å²) in [5.74, 6) is 5.89. The zero-order chi connectivity index (χ0) is 39.8. The fourth-order valence-corrected chi connectivity index (χ4v) is 8.12. The van der Waals surface area contributed by atoms with Crippen LogP contribution < -0.4 is 15.2 Å². The van der Waals surface area contributed by atoms with Crippen LogP contribution in [-0.2, 0) is 16.8 Å². The SMILES string of the molecule is Cc1nc2cnc(N(C)C3CCN(CC(F)(F)F)CC3)c(C#N)c2c(=O)n1CC#Cc1ccc(Cl)cc1-c1ccnc2c(C(=O)NS(=O)(=O)N(C)C)csc12. The van der Waals surface area contributed by atoms with E-state index in [1.165, 1.54) is 52.7 Å². The number of pyridine rings is 2. The van der Waals surface area contributed by atoms with Gasteiger partial charge in [0, 0.05) is 73.6 Å². The van der Waals surface area contributed by atoms with Crippen molar-refractivity contribution in [2.45, 2.75) is 38.5 Å². The summed E-state index contributed by atoms with van der Waals surface area (Å²) in [5, 5.41) is 12.3. The zero-order valence-electron chi connectivity index (χ0n) is 29.9. The largest absolute Gasteiger partial charge is 0.401 e. The highest BCUT2D eigenvalue weighted by Gasteiger charge is 2.34. The normalized spacial score (nSPS) is 14.2. The van der Waals surface area contributed by atoms with Gasteiger partial charge >= 0.3 is 16.4 Å². The molecule has 0 saturated carbocycles. The summed E-state index contributed by atoms with van der Waals surface area (Å²) in [6.45, 7) is 1.02. The highest BCUT2D eigenvalue weighted by Crippen LogP contribution is 2.37. The van der Waals surface area contributed by atoms with Gasteiger partial charge in [-0.2, -0.15) is 31.2 Å². The van der Waals surface area contributed by atoms with Gasteiger partial charge in [0.25, 0.3) is 11.5 Å². The van der Waals surface area contributed by atoms with Crippen LogP contribution >= 0.6 is 22.9 Å². The summed E-state index contributed by atoms with van der Waals surface area (Å²) in [5.41, 5.74) is 1.90. The first-order chi connectivity index (χ1) is 26.0. The third-order valence-corrected chi connectivity index (χ3v) is 11.9. The van der Waals surface area contributed by atoms with Crippen LogP contribution in [0.2, 0.25) is 5.02 Å². The molecular formula is C36H33ClF3N9O4S2. The standard InChI is InChI=1S/C36H33ClF3N9O4S2/c1-21-44-29-18-43-33(47(4)24-10-14-48(15-11-24)20-36(38,39)40)27(17-41)30(29)35(51)49(21)13-5-6-22-7-8-23(37)16-26(22)25-9-12-42-31-28(19-54-32(25)31)34(50)45-55(52,53)46(2)3/h7-9,12,16,18-19,24H,10-11,13-15,20H2,1-4H3,(H,45,50). The number of piperidine rings is 1. The fourth-order valence-electron chi connectivity index (χ4n) is 6.39. The van der Waals surface area contributed by atoms with E-state index in [2.05, 4.69) is 32.9 Å². The monoisotopic (exact) mass is 811 g/mol. The van der Waals surface area contributed by atoms with Gasteiger partial charge in [-0.3, -0.25) is 24.0 Å². The second kappa shape index (κ2) is 15.6. The van der Waals surface area contributed by atoms with Gasteiger partial charge in [-0.05, 0) is 44.0 Å². The smallest absolute Gasteiger partial charge is 0.355 e. The summed E-state index contributed by atoms with van der Waals surface area (Å²) >= 11 is 7.62. The molecule has 19 heteroatoms. The molecule has 0 bridgehead atoms. The lowest BCUT2D eigenvalue weighted by Crippen LogP contribution is -2.46. The Hall–Kier alpha value is -5.11. The maximum atomic E-state index is 14.0. The molecule has 1 N–H and O–H groups in total. The first-order valence-electron chi connectivity index (χ1n) is 16.7. The number of fused-ring (bicyclic) bond motifs is 2. The van der Waals surface area contributed by atoms with Gasteiger partial charge in [-0.15, -0.1) is 11.3 Å². The summed E-state index contributed by atoms with van der Waals surface area (Å²) in [6, 6.07) is 8.72. The lowest BCUT2D eigenvalue weighted by atomic mass is 10.00. The summed E-state index contributed by atoms with van der Waals surface area (Å²) in [6.07, 6.45) is -0.534. The molecule has 1 saturated heterocycles. The van der Waals surface area contributed by atoms with E-state index >= 15 is 0 Å². The number of rotatable bonds is 8. The van der Waals surface area contributed by atoms with Crippen LogP contribution in [0, 0.1) is 30.1 Å². The number of nitrogens with one attached hydrogen (secondary N) is 1. The van der Waals surface area contributed by atoms with Crippen LogP contribution in [0.15, 0.2) is 46.8 Å². The third kappa shape index (κ3) is 8.29. The Balaban J connectivity index is 1.31. The lowest BCUT2D eigenvalue weighted by molar-refractivity contribution is -0.147. The van der Waals surface area contributed by atoms with Crippen molar-refractivity contribution < 1.29 is 26.4 Å². The number of nitriles is 1. The van der Waals surface area contributed by atoms with E-state index in [0.717, 1.165) is 4.31 Å². The molecule has 0 aliphatic carbocycles. The number of likely N-dealkylation sites (tertiary alicyclic amines) is 1. The molecule has 1 fully saturated rings. The predicted molar refractivity (Wildman–Crippen MR) is 204 cm³/mol. The Labute approximate surface area is 323 Å². The molecule has 55 heavy (non-hydrogen) atoms. The van der Waals surface area contributed by atoms with E-state index in [-0.39, 0.29) is 59.0 Å². The van der Waals surface area contributed by atoms with Gasteiger partial charge in [-0.1, -0.05) is 23.4 Å². The number of amides is 1. The zero-order valence-corrected chi connectivity index (χ0v) is 32.3. The predicted octanol–water partition coefficient (Wildman–Crippen LogP) is 4.95. The number of aromatic nitrogens is 4. The third-order valence-electron chi connectivity index (χ3n) is 9.26. The van der Waals surface area contributed by atoms with Gasteiger partial charge < -0.3 is 4.90 Å². The van der Waals surface area contributed by atoms with Gasteiger partial charge in [-0.25, -0.2) is 14.7 Å². The van der Waals surface area contributed by atoms with Crippen molar-refractivity contribution in [1.29, 1.82) is 5.26 Å². The van der Waals surface area contributed by atoms with Gasteiger partial charge in [0.1, 0.15) is 23.3 Å². The quantitative estimate of drug-likeness (QED) is 0.213. The molecule has 1 aromatic carbocycles. The molecule has 0 unspecified atom stereocenters. The Morgan fingerprint density at radius 1 is 1.15 bits per heavy atom. The molecule has 4 aromatic heterocycles. The number of thiophene rings is 1. The summed E-state index contributed by atoms with van der Waals surface area (Å²) in [7, 11) is 0.265. The van der Waals surface area contributed by atoms with Gasteiger partial charge in [0.15, 0.2) is 0 Å². The Morgan fingerprint density at radius 3 is 2.55 bits per heavy atom. The molecule has 13 nitrogen and oxygen atoms in total. The molecule has 5 aromatic rings. The molecule has 1 amide bonds. The fraction of sp³-hybridized carbons (Fsp3) is 0.333. The first kappa shape index (κ1) is 39.6. The van der Waals surface area contributed by atoms with Crippen LogP contribution in [-0.4, -0.2) is 96.0 Å². The number of carbonyl (C=O) groups is 1. The number of alkyl halides is 3. The van der Waals surface area contributed by atoms with E-state index in [0.29, 0.717) is 45.1 Å². The van der Waals surface area contributed by atoms with Crippen molar-refractivity contribution in [3.63, 3.8) is 0 Å². The molecule has 5 heterocycles. The second-order valence-corrected chi connectivity index (χ2v) is 16.2. The number of benzene rings is 1. The summed E-state index contributed by atoms with van der Waals surface area (Å²) in [4.78, 5) is 43.4. The topological polar surface area (TPSA) is 157 Å². The first-order valence-corrected chi connectivity index (χ1v) is 19.4. The Bertz CT molecular complexity index is 2600. The van der Waals surface area contributed by atoms with Crippen LogP contribution in [0.5, 0.6) is 0 Å². The Kier molecular flexibility index (Phi) is 11.2. The molecule has 0 radical (unpaired) electrons. The van der Waals surface area contributed by atoms with E-state index in [9.17, 15) is 36.4 Å². The van der Waals surface area contributed by atoms with E-state index in [1.807, 2.05) is 4.72 Å². The van der Waals surface area contributed by atoms with Gasteiger partial charge in [0.05, 0.1) is 46.0 Å². The van der Waals surface area contributed by atoms with Crippen LogP contribution in [0.25, 0.3) is 32.2 Å². The molecule has 0 spiro atoms. The van der Waals surface area contributed by atoms with Crippen molar-refractivity contribution in [2.24, 2.45) is 0 Å². The highest BCUT2D eigenvalue weighted by atomic mass is 35.5. The van der Waals surface area contributed by atoms with Crippen molar-refractivity contribution >= 4 is 66.0 Å². The molecule has 1 aliphatic heterocycles. The van der Waals surface area contributed by atoms with Crippen LogP contribution in [0.3, 0.4) is 0 Å². The number of carbonyl (C=O) groups excluding carboxylic acids is 1.